The normalized spacial score (nSPS) is 19.1. The molecule has 1 aliphatic carbocycles. The molecule has 1 aromatic carbocycles. The van der Waals surface area contributed by atoms with Crippen LogP contribution in [0.25, 0.3) is 11.2 Å². The van der Waals surface area contributed by atoms with E-state index in [-0.39, 0.29) is 17.9 Å². The van der Waals surface area contributed by atoms with E-state index in [9.17, 15) is 18.0 Å². The van der Waals surface area contributed by atoms with Gasteiger partial charge < -0.3 is 15.5 Å². The van der Waals surface area contributed by atoms with E-state index in [2.05, 4.69) is 20.6 Å². The number of hydrogen-bond acceptors (Lipinski definition) is 6. The Kier molecular flexibility index (Phi) is 6.01. The number of aromatic nitrogens is 4. The monoisotopic (exact) mass is 473 g/mol. The number of halogens is 3. The number of imidazole rings is 1. The smallest absolute Gasteiger partial charge is 0.224 e. The van der Waals surface area contributed by atoms with Gasteiger partial charge in [0.05, 0.1) is 12.2 Å². The molecule has 2 fully saturated rings. The second-order valence-corrected chi connectivity index (χ2v) is 8.96. The molecule has 3 heterocycles. The number of benzene rings is 1. The number of amides is 1. The summed E-state index contributed by atoms with van der Waals surface area (Å²) in [5.41, 5.74) is 0.433. The number of nitrogens with zero attached hydrogens (tertiary/aromatic N) is 5. The molecular weight excluding hydrogens is 447 g/mol. The second-order valence-electron chi connectivity index (χ2n) is 8.96. The first-order valence-corrected chi connectivity index (χ1v) is 11.6. The Morgan fingerprint density at radius 3 is 2.47 bits per heavy atom. The number of carbonyl (C=O) groups excluding carboxylic acids is 1. The summed E-state index contributed by atoms with van der Waals surface area (Å²) in [6, 6.07) is 1.30. The third kappa shape index (κ3) is 4.38. The average molecular weight is 474 g/mol. The zero-order valence-electron chi connectivity index (χ0n) is 18.8. The predicted molar refractivity (Wildman–Crippen MR) is 121 cm³/mol. The first-order valence-electron chi connectivity index (χ1n) is 11.6. The molecule has 0 unspecified atom stereocenters. The maximum absolute atomic E-state index is 14.4. The second kappa shape index (κ2) is 9.11. The van der Waals surface area contributed by atoms with Crippen molar-refractivity contribution in [1.82, 2.24) is 24.4 Å². The molecule has 0 spiro atoms. The van der Waals surface area contributed by atoms with Gasteiger partial charge >= 0.3 is 0 Å². The van der Waals surface area contributed by atoms with E-state index in [1.807, 2.05) is 0 Å². The Hall–Kier alpha value is -3.37. The average Bonchev–Trinajstić information content (AvgIpc) is 3.41. The molecule has 34 heavy (non-hydrogen) atoms. The predicted octanol–water partition coefficient (Wildman–Crippen LogP) is 4.53. The van der Waals surface area contributed by atoms with Gasteiger partial charge in [0.2, 0.25) is 17.8 Å². The van der Waals surface area contributed by atoms with Gasteiger partial charge in [-0.3, -0.25) is 9.36 Å². The van der Waals surface area contributed by atoms with Gasteiger partial charge in [0.15, 0.2) is 17.3 Å². The van der Waals surface area contributed by atoms with Gasteiger partial charge in [-0.15, -0.1) is 0 Å². The van der Waals surface area contributed by atoms with Crippen LogP contribution in [0.1, 0.15) is 51.5 Å². The van der Waals surface area contributed by atoms with E-state index < -0.39 is 23.1 Å². The molecular formula is C23H26F3N7O. The molecule has 2 aromatic heterocycles. The van der Waals surface area contributed by atoms with Crippen LogP contribution >= 0.6 is 0 Å². The van der Waals surface area contributed by atoms with Crippen molar-refractivity contribution in [1.29, 1.82) is 0 Å². The number of anilines is 3. The Morgan fingerprint density at radius 1 is 1.06 bits per heavy atom. The summed E-state index contributed by atoms with van der Waals surface area (Å²) >= 11 is 0. The fraction of sp³-hybridized carbons (Fsp3) is 0.478. The molecule has 3 aromatic rings. The third-order valence-electron chi connectivity index (χ3n) is 6.59. The number of rotatable bonds is 5. The number of fused-ring (bicyclic) bond motifs is 1. The molecule has 11 heteroatoms. The Labute approximate surface area is 194 Å². The van der Waals surface area contributed by atoms with Crippen LogP contribution in [0.3, 0.4) is 0 Å². The fourth-order valence-electron chi connectivity index (χ4n) is 4.84. The van der Waals surface area contributed by atoms with Crippen molar-refractivity contribution < 1.29 is 18.0 Å². The van der Waals surface area contributed by atoms with Crippen LogP contribution in [-0.4, -0.2) is 49.5 Å². The summed E-state index contributed by atoms with van der Waals surface area (Å²) in [6.45, 7) is 2.47. The molecule has 1 aliphatic heterocycles. The minimum absolute atomic E-state index is 0.0497. The van der Waals surface area contributed by atoms with Crippen LogP contribution in [0.2, 0.25) is 0 Å². The van der Waals surface area contributed by atoms with Crippen LogP contribution in [-0.2, 0) is 4.79 Å². The first kappa shape index (κ1) is 22.4. The minimum atomic E-state index is -1.07. The van der Waals surface area contributed by atoms with Gasteiger partial charge in [0.1, 0.15) is 17.0 Å². The van der Waals surface area contributed by atoms with Crippen molar-refractivity contribution in [2.24, 2.45) is 0 Å². The standard InChI is InChI=1S/C23H26F3N7O/c1-13(34)32-8-7-16(12-32)33-21-19(11-27-22(31-21)28-15-5-3-2-4-6-15)29-23(33)30-20-17(25)9-14(24)10-18(20)26/h9-11,15-16H,2-8,12H2,1H3,(H,29,30)(H,27,28,31)/t16-/m0/s1. The Balaban J connectivity index is 1.54. The SMILES string of the molecule is CC(=O)N1CC[C@H](n2c(Nc3c(F)cc(F)cc3F)nc3cnc(NC4CCCCC4)nc32)C1. The maximum atomic E-state index is 14.4. The van der Waals surface area contributed by atoms with Crippen molar-refractivity contribution in [2.75, 3.05) is 23.7 Å². The summed E-state index contributed by atoms with van der Waals surface area (Å²) in [6.07, 6.45) is 7.84. The number of hydrogen-bond donors (Lipinski definition) is 2. The van der Waals surface area contributed by atoms with Gasteiger partial charge in [0, 0.05) is 38.2 Å². The summed E-state index contributed by atoms with van der Waals surface area (Å²) in [5, 5.41) is 6.08. The topological polar surface area (TPSA) is 88.0 Å². The fourth-order valence-corrected chi connectivity index (χ4v) is 4.84. The van der Waals surface area contributed by atoms with Crippen molar-refractivity contribution in [2.45, 2.75) is 57.5 Å². The number of carbonyl (C=O) groups is 1. The quantitative estimate of drug-likeness (QED) is 0.566. The van der Waals surface area contributed by atoms with Crippen molar-refractivity contribution in [3.63, 3.8) is 0 Å². The summed E-state index contributed by atoms with van der Waals surface area (Å²) in [5.74, 6) is -2.58. The lowest BCUT2D eigenvalue weighted by atomic mass is 9.96. The maximum Gasteiger partial charge on any atom is 0.224 e. The van der Waals surface area contributed by atoms with Crippen LogP contribution < -0.4 is 10.6 Å². The summed E-state index contributed by atoms with van der Waals surface area (Å²) in [4.78, 5) is 27.2. The molecule has 0 radical (unpaired) electrons. The van der Waals surface area contributed by atoms with Crippen molar-refractivity contribution >= 4 is 34.7 Å². The molecule has 1 saturated carbocycles. The molecule has 180 valence electrons. The van der Waals surface area contributed by atoms with E-state index in [0.29, 0.717) is 54.8 Å². The van der Waals surface area contributed by atoms with Crippen molar-refractivity contribution in [3.8, 4) is 0 Å². The minimum Gasteiger partial charge on any atom is -0.351 e. The largest absolute Gasteiger partial charge is 0.351 e. The molecule has 1 atom stereocenters. The highest BCUT2D eigenvalue weighted by atomic mass is 19.1. The van der Waals surface area contributed by atoms with E-state index in [0.717, 1.165) is 25.7 Å². The van der Waals surface area contributed by atoms with Crippen LogP contribution in [0.5, 0.6) is 0 Å². The van der Waals surface area contributed by atoms with Gasteiger partial charge in [-0.2, -0.15) is 4.98 Å². The molecule has 2 aliphatic rings. The zero-order valence-corrected chi connectivity index (χ0v) is 18.8. The number of likely N-dealkylation sites (tertiary alicyclic amines) is 1. The van der Waals surface area contributed by atoms with Gasteiger partial charge in [-0.1, -0.05) is 19.3 Å². The highest BCUT2D eigenvalue weighted by Crippen LogP contribution is 2.33. The molecule has 5 rings (SSSR count). The van der Waals surface area contributed by atoms with Crippen LogP contribution in [0.4, 0.5) is 30.8 Å². The molecule has 8 nitrogen and oxygen atoms in total. The first-order chi connectivity index (χ1) is 16.4. The highest BCUT2D eigenvalue weighted by Gasteiger charge is 2.30. The summed E-state index contributed by atoms with van der Waals surface area (Å²) < 4.78 is 43.9. The Morgan fingerprint density at radius 2 is 1.79 bits per heavy atom. The third-order valence-corrected chi connectivity index (χ3v) is 6.59. The van der Waals surface area contributed by atoms with E-state index in [1.165, 1.54) is 13.3 Å². The van der Waals surface area contributed by atoms with Gasteiger partial charge in [0.25, 0.3) is 0 Å². The van der Waals surface area contributed by atoms with Gasteiger partial charge in [-0.05, 0) is 19.3 Å². The summed E-state index contributed by atoms with van der Waals surface area (Å²) in [7, 11) is 0. The van der Waals surface area contributed by atoms with E-state index >= 15 is 0 Å². The molecule has 2 N–H and O–H groups in total. The zero-order chi connectivity index (χ0) is 23.8. The molecule has 1 saturated heterocycles. The van der Waals surface area contributed by atoms with E-state index in [1.54, 1.807) is 15.7 Å². The number of nitrogens with one attached hydrogen (secondary N) is 2. The lowest BCUT2D eigenvalue weighted by molar-refractivity contribution is -0.127. The lowest BCUT2D eigenvalue weighted by Crippen LogP contribution is -2.26. The van der Waals surface area contributed by atoms with Crippen molar-refractivity contribution in [3.05, 3.63) is 35.8 Å². The van der Waals surface area contributed by atoms with E-state index in [4.69, 9.17) is 4.98 Å². The van der Waals surface area contributed by atoms with Gasteiger partial charge in [-0.25, -0.2) is 23.1 Å². The highest BCUT2D eigenvalue weighted by molar-refractivity contribution is 5.77. The van der Waals surface area contributed by atoms with Crippen LogP contribution in [0.15, 0.2) is 18.3 Å². The van der Waals surface area contributed by atoms with Crippen LogP contribution in [0, 0.1) is 17.5 Å². The molecule has 0 bridgehead atoms. The lowest BCUT2D eigenvalue weighted by Gasteiger charge is -2.22. The molecule has 1 amide bonds. The Bertz CT molecular complexity index is 1200.